The zero-order chi connectivity index (χ0) is 15.8. The molecule has 1 N–H and O–H groups in total. The van der Waals surface area contributed by atoms with Gasteiger partial charge < -0.3 is 10.0 Å². The molecule has 2 fully saturated rings. The van der Waals surface area contributed by atoms with Gasteiger partial charge in [-0.05, 0) is 61.1 Å². The molecule has 4 nitrogen and oxygen atoms in total. The SMILES string of the molecule is CN(C)C1CN(C(C)(C)CCC(C)(C)N2CC[C@H](O)C2)C1. The Kier molecular flexibility index (Phi) is 5.04. The minimum absolute atomic E-state index is 0.117. The Bertz CT molecular complexity index is 348. The minimum atomic E-state index is -0.117. The Morgan fingerprint density at radius 3 is 1.90 bits per heavy atom. The van der Waals surface area contributed by atoms with Crippen LogP contribution in [0.4, 0.5) is 0 Å². The van der Waals surface area contributed by atoms with Gasteiger partial charge in [0.1, 0.15) is 0 Å². The predicted octanol–water partition coefficient (Wildman–Crippen LogP) is 1.64. The number of likely N-dealkylation sites (N-methyl/N-ethyl adjacent to an activating group) is 1. The molecule has 0 aromatic carbocycles. The molecule has 1 atom stereocenters. The van der Waals surface area contributed by atoms with Crippen molar-refractivity contribution in [2.75, 3.05) is 40.3 Å². The number of hydrogen-bond acceptors (Lipinski definition) is 4. The lowest BCUT2D eigenvalue weighted by Gasteiger charge is -2.52. The van der Waals surface area contributed by atoms with Gasteiger partial charge >= 0.3 is 0 Å². The number of rotatable bonds is 6. The van der Waals surface area contributed by atoms with E-state index < -0.39 is 0 Å². The van der Waals surface area contributed by atoms with E-state index in [1.54, 1.807) is 0 Å². The lowest BCUT2D eigenvalue weighted by Crippen LogP contribution is -2.64. The summed E-state index contributed by atoms with van der Waals surface area (Å²) in [5.41, 5.74) is 0.475. The van der Waals surface area contributed by atoms with Gasteiger partial charge in [0.25, 0.3) is 0 Å². The first kappa shape index (κ1) is 17.2. The zero-order valence-corrected chi connectivity index (χ0v) is 14.9. The molecule has 2 aliphatic rings. The Labute approximate surface area is 131 Å². The molecule has 4 heteroatoms. The summed E-state index contributed by atoms with van der Waals surface area (Å²) >= 11 is 0. The molecule has 0 amide bonds. The highest BCUT2D eigenvalue weighted by atomic mass is 16.3. The van der Waals surface area contributed by atoms with Crippen LogP contribution in [-0.4, -0.2) is 83.3 Å². The zero-order valence-electron chi connectivity index (χ0n) is 14.9. The highest BCUT2D eigenvalue weighted by Gasteiger charge is 2.40. The van der Waals surface area contributed by atoms with Gasteiger partial charge in [-0.2, -0.15) is 0 Å². The third-order valence-electron chi connectivity index (χ3n) is 5.82. The van der Waals surface area contributed by atoms with Crippen LogP contribution in [0.25, 0.3) is 0 Å². The molecule has 2 aliphatic heterocycles. The summed E-state index contributed by atoms with van der Waals surface area (Å²) < 4.78 is 0. The molecule has 0 spiro atoms. The Morgan fingerprint density at radius 1 is 0.952 bits per heavy atom. The van der Waals surface area contributed by atoms with Crippen LogP contribution < -0.4 is 0 Å². The second-order valence-corrected chi connectivity index (χ2v) is 8.54. The number of nitrogens with zero attached hydrogens (tertiary/aromatic N) is 3. The highest BCUT2D eigenvalue weighted by molar-refractivity contribution is 4.97. The van der Waals surface area contributed by atoms with Gasteiger partial charge in [0.2, 0.25) is 0 Å². The topological polar surface area (TPSA) is 30.0 Å². The molecule has 0 aromatic rings. The van der Waals surface area contributed by atoms with Crippen LogP contribution in [0.2, 0.25) is 0 Å². The third kappa shape index (κ3) is 3.98. The first-order valence-corrected chi connectivity index (χ1v) is 8.46. The summed E-state index contributed by atoms with van der Waals surface area (Å²) in [5, 5.41) is 9.75. The van der Waals surface area contributed by atoms with Crippen molar-refractivity contribution in [1.82, 2.24) is 14.7 Å². The van der Waals surface area contributed by atoms with Crippen LogP contribution in [0.5, 0.6) is 0 Å². The van der Waals surface area contributed by atoms with Gasteiger partial charge in [-0.3, -0.25) is 9.80 Å². The lowest BCUT2D eigenvalue weighted by atomic mass is 9.85. The average molecular weight is 297 g/mol. The van der Waals surface area contributed by atoms with Crippen LogP contribution in [0.1, 0.15) is 47.0 Å². The van der Waals surface area contributed by atoms with E-state index in [-0.39, 0.29) is 17.2 Å². The monoisotopic (exact) mass is 297 g/mol. The van der Waals surface area contributed by atoms with E-state index in [4.69, 9.17) is 0 Å². The molecule has 0 saturated carbocycles. The van der Waals surface area contributed by atoms with Crippen molar-refractivity contribution < 1.29 is 5.11 Å². The van der Waals surface area contributed by atoms with Crippen LogP contribution in [0.15, 0.2) is 0 Å². The van der Waals surface area contributed by atoms with Crippen LogP contribution in [0, 0.1) is 0 Å². The molecule has 2 rings (SSSR count). The molecule has 0 aliphatic carbocycles. The maximum atomic E-state index is 9.75. The standard InChI is InChI=1S/C17H35N3O/c1-16(2,19-10-7-15(21)13-19)8-9-17(3,4)20-11-14(12-20)18(5)6/h14-15,21H,7-13H2,1-6H3/t15-/m0/s1. The molecule has 21 heavy (non-hydrogen) atoms. The molecule has 124 valence electrons. The van der Waals surface area contributed by atoms with Crippen molar-refractivity contribution in [1.29, 1.82) is 0 Å². The van der Waals surface area contributed by atoms with Crippen LogP contribution in [-0.2, 0) is 0 Å². The van der Waals surface area contributed by atoms with E-state index in [0.29, 0.717) is 0 Å². The molecule has 2 saturated heterocycles. The fourth-order valence-corrected chi connectivity index (χ4v) is 3.50. The van der Waals surface area contributed by atoms with Crippen molar-refractivity contribution in [3.63, 3.8) is 0 Å². The van der Waals surface area contributed by atoms with Gasteiger partial charge in [0.15, 0.2) is 0 Å². The molecular weight excluding hydrogens is 262 g/mol. The van der Waals surface area contributed by atoms with Gasteiger partial charge in [0.05, 0.1) is 6.10 Å². The first-order chi connectivity index (χ1) is 9.62. The Balaban J connectivity index is 1.81. The van der Waals surface area contributed by atoms with E-state index in [1.807, 2.05) is 0 Å². The smallest absolute Gasteiger partial charge is 0.0679 e. The Morgan fingerprint density at radius 2 is 1.48 bits per heavy atom. The second kappa shape index (κ2) is 6.15. The van der Waals surface area contributed by atoms with Gasteiger partial charge in [-0.1, -0.05) is 0 Å². The van der Waals surface area contributed by atoms with Crippen LogP contribution >= 0.6 is 0 Å². The number of hydrogen-bond donors (Lipinski definition) is 1. The summed E-state index contributed by atoms with van der Waals surface area (Å²) in [5.74, 6) is 0. The van der Waals surface area contributed by atoms with Crippen molar-refractivity contribution in [3.8, 4) is 0 Å². The third-order valence-corrected chi connectivity index (χ3v) is 5.82. The van der Waals surface area contributed by atoms with Gasteiger partial charge in [0, 0.05) is 43.3 Å². The largest absolute Gasteiger partial charge is 0.392 e. The maximum absolute atomic E-state index is 9.75. The average Bonchev–Trinajstić information content (AvgIpc) is 2.71. The molecule has 2 heterocycles. The highest BCUT2D eigenvalue weighted by Crippen LogP contribution is 2.33. The molecule has 0 radical (unpaired) electrons. The first-order valence-electron chi connectivity index (χ1n) is 8.46. The fraction of sp³-hybridized carbons (Fsp3) is 1.00. The van der Waals surface area contributed by atoms with E-state index in [0.717, 1.165) is 25.6 Å². The van der Waals surface area contributed by atoms with Crippen molar-refractivity contribution in [3.05, 3.63) is 0 Å². The summed E-state index contributed by atoms with van der Waals surface area (Å²) in [6.07, 6.45) is 3.22. The Hall–Kier alpha value is -0.160. The lowest BCUT2D eigenvalue weighted by molar-refractivity contribution is -0.0238. The van der Waals surface area contributed by atoms with Gasteiger partial charge in [-0.15, -0.1) is 0 Å². The molecule has 0 unspecified atom stereocenters. The van der Waals surface area contributed by atoms with E-state index in [2.05, 4.69) is 56.5 Å². The van der Waals surface area contributed by atoms with Crippen molar-refractivity contribution in [2.24, 2.45) is 0 Å². The van der Waals surface area contributed by atoms with Crippen LogP contribution in [0.3, 0.4) is 0 Å². The number of aliphatic hydroxyl groups is 1. The summed E-state index contributed by atoms with van der Waals surface area (Å²) in [6.45, 7) is 13.7. The predicted molar refractivity (Wildman–Crippen MR) is 88.6 cm³/mol. The quantitative estimate of drug-likeness (QED) is 0.807. The van der Waals surface area contributed by atoms with Crippen molar-refractivity contribution in [2.45, 2.75) is 70.2 Å². The number of aliphatic hydroxyl groups excluding tert-OH is 1. The molecular formula is C17H35N3O. The normalized spacial score (nSPS) is 26.6. The molecule has 0 bridgehead atoms. The fourth-order valence-electron chi connectivity index (χ4n) is 3.50. The van der Waals surface area contributed by atoms with E-state index in [1.165, 1.54) is 25.9 Å². The summed E-state index contributed by atoms with van der Waals surface area (Å²) in [7, 11) is 4.35. The number of β-amino-alcohol motifs (C(OH)–C–C–N with tert-alkyl or cyclic N) is 1. The van der Waals surface area contributed by atoms with Gasteiger partial charge in [-0.25, -0.2) is 0 Å². The maximum Gasteiger partial charge on any atom is 0.0679 e. The van der Waals surface area contributed by atoms with Crippen molar-refractivity contribution >= 4 is 0 Å². The van der Waals surface area contributed by atoms with E-state index >= 15 is 0 Å². The second-order valence-electron chi connectivity index (χ2n) is 8.54. The summed E-state index contributed by atoms with van der Waals surface area (Å²) in [4.78, 5) is 7.42. The van der Waals surface area contributed by atoms with E-state index in [9.17, 15) is 5.11 Å². The minimum Gasteiger partial charge on any atom is -0.392 e. The summed E-state index contributed by atoms with van der Waals surface area (Å²) in [6, 6.07) is 0.728. The number of likely N-dealkylation sites (tertiary alicyclic amines) is 2. The molecule has 0 aromatic heterocycles.